The van der Waals surface area contributed by atoms with Gasteiger partial charge in [0, 0.05) is 36.5 Å². The van der Waals surface area contributed by atoms with Gasteiger partial charge < -0.3 is 20.1 Å². The number of likely N-dealkylation sites (tertiary alicyclic amines) is 1. The first-order valence-electron chi connectivity index (χ1n) is 11.7. The lowest BCUT2D eigenvalue weighted by atomic mass is 9.69. The number of ether oxygens (including phenoxy) is 1. The number of amides is 2. The Balaban J connectivity index is 1.70. The molecule has 1 atom stereocenters. The summed E-state index contributed by atoms with van der Waals surface area (Å²) in [7, 11) is 0. The number of benzene rings is 1. The van der Waals surface area contributed by atoms with E-state index in [1.807, 2.05) is 37.8 Å². The Labute approximate surface area is 196 Å². The highest BCUT2D eigenvalue weighted by atomic mass is 35.5. The first kappa shape index (κ1) is 24.8. The van der Waals surface area contributed by atoms with Crippen molar-refractivity contribution in [1.82, 2.24) is 10.2 Å². The fourth-order valence-corrected chi connectivity index (χ4v) is 4.98. The summed E-state index contributed by atoms with van der Waals surface area (Å²) in [6.45, 7) is 8.90. The molecule has 2 N–H and O–H groups in total. The highest BCUT2D eigenvalue weighted by Crippen LogP contribution is 2.43. The van der Waals surface area contributed by atoms with Crippen LogP contribution in [0.15, 0.2) is 24.3 Å². The van der Waals surface area contributed by atoms with Crippen LogP contribution in [0, 0.1) is 5.92 Å². The summed E-state index contributed by atoms with van der Waals surface area (Å²) < 4.78 is 5.55. The van der Waals surface area contributed by atoms with Crippen molar-refractivity contribution < 1.29 is 19.4 Å². The predicted molar refractivity (Wildman–Crippen MR) is 126 cm³/mol. The Morgan fingerprint density at radius 1 is 1.19 bits per heavy atom. The van der Waals surface area contributed by atoms with Crippen LogP contribution < -0.4 is 5.32 Å². The second kappa shape index (κ2) is 10.0. The standard InChI is InChI=1S/C25H37ClN2O4/c1-17-8-12-25(31,13-9-17)21(18-6-5-7-19(26)16-18)22(29)28-14-10-20(11-15-28)32-23(30)27-24(2,3)4/h5-7,16-17,20-21,31H,8-15H2,1-4H3,(H,27,30). The minimum absolute atomic E-state index is 0.0677. The fraction of sp³-hybridized carbons (Fsp3) is 0.680. The molecule has 7 heteroatoms. The van der Waals surface area contributed by atoms with Crippen molar-refractivity contribution in [2.45, 2.75) is 89.4 Å². The molecule has 1 unspecified atom stereocenters. The molecule has 1 aromatic rings. The van der Waals surface area contributed by atoms with Crippen LogP contribution in [0.3, 0.4) is 0 Å². The van der Waals surface area contributed by atoms with Gasteiger partial charge in [-0.1, -0.05) is 30.7 Å². The van der Waals surface area contributed by atoms with Crippen LogP contribution in [0.1, 0.15) is 77.7 Å². The highest BCUT2D eigenvalue weighted by molar-refractivity contribution is 6.30. The second-order valence-corrected chi connectivity index (χ2v) is 11.0. The normalized spacial score (nSPS) is 25.8. The summed E-state index contributed by atoms with van der Waals surface area (Å²) in [5.41, 5.74) is -0.665. The summed E-state index contributed by atoms with van der Waals surface area (Å²) in [4.78, 5) is 27.6. The predicted octanol–water partition coefficient (Wildman–Crippen LogP) is 4.88. The van der Waals surface area contributed by atoms with Crippen LogP contribution >= 0.6 is 11.6 Å². The second-order valence-electron chi connectivity index (χ2n) is 10.6. The van der Waals surface area contributed by atoms with E-state index in [0.717, 1.165) is 18.4 Å². The van der Waals surface area contributed by atoms with E-state index in [1.165, 1.54) is 0 Å². The van der Waals surface area contributed by atoms with E-state index >= 15 is 0 Å². The third kappa shape index (κ3) is 6.38. The number of hydrogen-bond donors (Lipinski definition) is 2. The van der Waals surface area contributed by atoms with Crippen molar-refractivity contribution >= 4 is 23.6 Å². The molecule has 0 bridgehead atoms. The van der Waals surface area contributed by atoms with Gasteiger partial charge in [-0.2, -0.15) is 0 Å². The van der Waals surface area contributed by atoms with E-state index in [-0.39, 0.29) is 17.6 Å². The molecule has 1 aromatic carbocycles. The van der Waals surface area contributed by atoms with Gasteiger partial charge in [-0.15, -0.1) is 0 Å². The Morgan fingerprint density at radius 2 is 1.81 bits per heavy atom. The molecule has 1 heterocycles. The molecule has 1 saturated heterocycles. The molecule has 0 aromatic heterocycles. The van der Waals surface area contributed by atoms with Gasteiger partial charge >= 0.3 is 6.09 Å². The molecule has 0 spiro atoms. The van der Waals surface area contributed by atoms with Crippen LogP contribution in [0.2, 0.25) is 5.02 Å². The van der Waals surface area contributed by atoms with E-state index in [9.17, 15) is 14.7 Å². The average Bonchev–Trinajstić information content (AvgIpc) is 2.69. The van der Waals surface area contributed by atoms with E-state index in [0.29, 0.717) is 49.7 Å². The molecule has 2 aliphatic rings. The molecule has 32 heavy (non-hydrogen) atoms. The number of carbonyl (C=O) groups excluding carboxylic acids is 2. The summed E-state index contributed by atoms with van der Waals surface area (Å²) in [6, 6.07) is 7.30. The van der Waals surface area contributed by atoms with Crippen molar-refractivity contribution in [3.05, 3.63) is 34.9 Å². The van der Waals surface area contributed by atoms with E-state index in [1.54, 1.807) is 12.1 Å². The molecule has 1 saturated carbocycles. The first-order valence-corrected chi connectivity index (χ1v) is 12.1. The molecule has 2 amide bonds. The number of rotatable bonds is 4. The zero-order chi connectivity index (χ0) is 23.5. The number of aliphatic hydroxyl groups is 1. The number of halogens is 1. The van der Waals surface area contributed by atoms with Crippen molar-refractivity contribution in [3.63, 3.8) is 0 Å². The van der Waals surface area contributed by atoms with Crippen molar-refractivity contribution in [1.29, 1.82) is 0 Å². The lowest BCUT2D eigenvalue weighted by Gasteiger charge is -2.43. The van der Waals surface area contributed by atoms with Crippen LogP contribution in [0.4, 0.5) is 4.79 Å². The number of nitrogens with zero attached hydrogens (tertiary/aromatic N) is 1. The lowest BCUT2D eigenvalue weighted by molar-refractivity contribution is -0.144. The zero-order valence-electron chi connectivity index (χ0n) is 19.7. The van der Waals surface area contributed by atoms with Crippen LogP contribution in [0.5, 0.6) is 0 Å². The number of piperidine rings is 1. The van der Waals surface area contributed by atoms with Crippen molar-refractivity contribution in [2.75, 3.05) is 13.1 Å². The number of alkyl carbamates (subject to hydrolysis) is 1. The molecular formula is C25H37ClN2O4. The SMILES string of the molecule is CC1CCC(O)(C(C(=O)N2CCC(OC(=O)NC(C)(C)C)CC2)c2cccc(Cl)c2)CC1. The van der Waals surface area contributed by atoms with E-state index in [4.69, 9.17) is 16.3 Å². The Morgan fingerprint density at radius 3 is 2.38 bits per heavy atom. The molecule has 1 aliphatic carbocycles. The average molecular weight is 465 g/mol. The third-order valence-corrected chi connectivity index (χ3v) is 6.85. The first-order chi connectivity index (χ1) is 15.0. The Kier molecular flexibility index (Phi) is 7.77. The fourth-order valence-electron chi connectivity index (χ4n) is 4.78. The molecule has 2 fully saturated rings. The monoisotopic (exact) mass is 464 g/mol. The van der Waals surface area contributed by atoms with Crippen LogP contribution in [0.25, 0.3) is 0 Å². The van der Waals surface area contributed by atoms with Crippen molar-refractivity contribution in [3.8, 4) is 0 Å². The van der Waals surface area contributed by atoms with E-state index in [2.05, 4.69) is 12.2 Å². The van der Waals surface area contributed by atoms with Gasteiger partial charge in [0.1, 0.15) is 6.10 Å². The Bertz CT molecular complexity index is 806. The number of carbonyl (C=O) groups is 2. The minimum atomic E-state index is -1.08. The maximum Gasteiger partial charge on any atom is 0.407 e. The van der Waals surface area contributed by atoms with Gasteiger partial charge in [-0.05, 0) is 70.1 Å². The summed E-state index contributed by atoms with van der Waals surface area (Å²) in [5, 5.41) is 15.0. The molecule has 178 valence electrons. The molecular weight excluding hydrogens is 428 g/mol. The molecule has 3 rings (SSSR count). The van der Waals surface area contributed by atoms with Gasteiger partial charge in [-0.25, -0.2) is 4.79 Å². The smallest absolute Gasteiger partial charge is 0.407 e. The zero-order valence-corrected chi connectivity index (χ0v) is 20.5. The number of nitrogens with one attached hydrogen (secondary N) is 1. The summed E-state index contributed by atoms with van der Waals surface area (Å²) in [6.07, 6.45) is 3.53. The van der Waals surface area contributed by atoms with Gasteiger partial charge in [-0.3, -0.25) is 4.79 Å². The molecule has 6 nitrogen and oxygen atoms in total. The summed E-state index contributed by atoms with van der Waals surface area (Å²) in [5.74, 6) is -0.158. The maximum atomic E-state index is 13.7. The van der Waals surface area contributed by atoms with Gasteiger partial charge in [0.15, 0.2) is 0 Å². The van der Waals surface area contributed by atoms with Crippen LogP contribution in [-0.4, -0.2) is 52.3 Å². The summed E-state index contributed by atoms with van der Waals surface area (Å²) >= 11 is 6.24. The van der Waals surface area contributed by atoms with Crippen LogP contribution in [-0.2, 0) is 9.53 Å². The van der Waals surface area contributed by atoms with Gasteiger partial charge in [0.05, 0.1) is 11.5 Å². The van der Waals surface area contributed by atoms with Crippen molar-refractivity contribution in [2.24, 2.45) is 5.92 Å². The lowest BCUT2D eigenvalue weighted by Crippen LogP contribution is -2.51. The Hall–Kier alpha value is -1.79. The number of hydrogen-bond acceptors (Lipinski definition) is 4. The quantitative estimate of drug-likeness (QED) is 0.665. The third-order valence-electron chi connectivity index (χ3n) is 6.61. The van der Waals surface area contributed by atoms with Gasteiger partial charge in [0.2, 0.25) is 5.91 Å². The largest absolute Gasteiger partial charge is 0.446 e. The topological polar surface area (TPSA) is 78.9 Å². The molecule has 0 radical (unpaired) electrons. The van der Waals surface area contributed by atoms with Gasteiger partial charge in [0.25, 0.3) is 0 Å². The maximum absolute atomic E-state index is 13.7. The van der Waals surface area contributed by atoms with E-state index < -0.39 is 17.6 Å². The highest BCUT2D eigenvalue weighted by Gasteiger charge is 2.46. The molecule has 1 aliphatic heterocycles. The minimum Gasteiger partial charge on any atom is -0.446 e.